The van der Waals surface area contributed by atoms with Gasteiger partial charge >= 0.3 is 0 Å². The van der Waals surface area contributed by atoms with Crippen molar-refractivity contribution in [3.63, 3.8) is 0 Å². The third-order valence-corrected chi connectivity index (χ3v) is 4.83. The van der Waals surface area contributed by atoms with Crippen LogP contribution in [0.4, 0.5) is 0 Å². The van der Waals surface area contributed by atoms with Crippen LogP contribution in [0.25, 0.3) is 33.1 Å². The van der Waals surface area contributed by atoms with Gasteiger partial charge in [0.25, 0.3) is 0 Å². The first-order valence-corrected chi connectivity index (χ1v) is 9.24. The van der Waals surface area contributed by atoms with Crippen molar-refractivity contribution >= 4 is 49.0 Å². The number of fused-ring (bicyclic) bond motifs is 4. The molecular weight excluding hydrogens is 376 g/mol. The van der Waals surface area contributed by atoms with Gasteiger partial charge in [-0.2, -0.15) is 0 Å². The van der Waals surface area contributed by atoms with E-state index in [0.717, 1.165) is 38.6 Å². The molecule has 130 valence electrons. The predicted molar refractivity (Wildman–Crippen MR) is 110 cm³/mol. The summed E-state index contributed by atoms with van der Waals surface area (Å²) in [6.45, 7) is 7.26. The maximum absolute atomic E-state index is 4.91. The summed E-state index contributed by atoms with van der Waals surface area (Å²) in [6.07, 6.45) is 0. The lowest BCUT2D eigenvalue weighted by Crippen LogP contribution is -1.96. The Balaban J connectivity index is 0.000000569. The van der Waals surface area contributed by atoms with Crippen molar-refractivity contribution in [3.05, 3.63) is 45.9 Å². The standard InChI is InChI=1S/C18H16BrN3.C2H7N/c1-4-22-16-6-5-12(19)9-13(16)17-18(22)21-15-8-11(3)10(2)7-14(15)20-17;1-3-2/h5-9H,4H2,1-3H3;3H,1-2H3. The normalized spacial score (nSPS) is 11.1. The molecule has 0 radical (unpaired) electrons. The number of halogens is 1. The van der Waals surface area contributed by atoms with E-state index in [-0.39, 0.29) is 0 Å². The number of benzene rings is 2. The minimum Gasteiger partial charge on any atom is -0.324 e. The lowest BCUT2D eigenvalue weighted by molar-refractivity contribution is 0.817. The van der Waals surface area contributed by atoms with Crippen LogP contribution in [0.2, 0.25) is 0 Å². The zero-order chi connectivity index (χ0) is 18.1. The second kappa shape index (κ2) is 7.10. The van der Waals surface area contributed by atoms with Crippen LogP contribution in [0.3, 0.4) is 0 Å². The van der Waals surface area contributed by atoms with Gasteiger partial charge in [0.2, 0.25) is 0 Å². The Bertz CT molecular complexity index is 1070. The highest BCUT2D eigenvalue weighted by atomic mass is 79.9. The van der Waals surface area contributed by atoms with E-state index in [0.29, 0.717) is 0 Å². The quantitative estimate of drug-likeness (QED) is 0.491. The zero-order valence-electron chi connectivity index (χ0n) is 15.3. The average Bonchev–Trinajstić information content (AvgIpc) is 2.87. The maximum atomic E-state index is 4.91. The number of aromatic nitrogens is 3. The van der Waals surface area contributed by atoms with Crippen molar-refractivity contribution in [1.82, 2.24) is 19.9 Å². The topological polar surface area (TPSA) is 42.7 Å². The molecule has 0 saturated carbocycles. The zero-order valence-corrected chi connectivity index (χ0v) is 16.9. The minimum atomic E-state index is 0.882. The largest absolute Gasteiger partial charge is 0.324 e. The van der Waals surface area contributed by atoms with E-state index in [1.54, 1.807) is 0 Å². The molecule has 0 atom stereocenters. The number of rotatable bonds is 1. The van der Waals surface area contributed by atoms with Crippen molar-refractivity contribution in [2.75, 3.05) is 14.1 Å². The van der Waals surface area contributed by atoms with Crippen LogP contribution in [-0.2, 0) is 6.54 Å². The van der Waals surface area contributed by atoms with Crippen LogP contribution < -0.4 is 5.32 Å². The lowest BCUT2D eigenvalue weighted by atomic mass is 10.1. The van der Waals surface area contributed by atoms with Crippen LogP contribution in [0.5, 0.6) is 0 Å². The molecule has 0 aliphatic rings. The van der Waals surface area contributed by atoms with Crippen molar-refractivity contribution < 1.29 is 0 Å². The van der Waals surface area contributed by atoms with Gasteiger partial charge in [-0.25, -0.2) is 9.97 Å². The monoisotopic (exact) mass is 398 g/mol. The third-order valence-electron chi connectivity index (χ3n) is 4.34. The van der Waals surface area contributed by atoms with E-state index in [1.165, 1.54) is 16.6 Å². The van der Waals surface area contributed by atoms with Gasteiger partial charge in [-0.05, 0) is 76.3 Å². The number of nitrogens with zero attached hydrogens (tertiary/aromatic N) is 3. The molecule has 2 aromatic carbocycles. The predicted octanol–water partition coefficient (Wildman–Crippen LogP) is 4.97. The molecule has 0 amide bonds. The number of hydrogen-bond acceptors (Lipinski definition) is 3. The van der Waals surface area contributed by atoms with Crippen molar-refractivity contribution in [2.24, 2.45) is 0 Å². The van der Waals surface area contributed by atoms with Gasteiger partial charge in [0, 0.05) is 16.4 Å². The summed E-state index contributed by atoms with van der Waals surface area (Å²) in [6, 6.07) is 10.6. The van der Waals surface area contributed by atoms with Gasteiger partial charge in [-0.3, -0.25) is 0 Å². The average molecular weight is 399 g/mol. The molecule has 2 aromatic heterocycles. The molecule has 0 fully saturated rings. The SMILES string of the molecule is CCn1c2ccc(Br)cc2c2nc3cc(C)c(C)cc3nc21.CNC. The molecule has 0 unspecified atom stereocenters. The fraction of sp³-hybridized carbons (Fsp3) is 0.300. The van der Waals surface area contributed by atoms with Gasteiger partial charge in [0.15, 0.2) is 5.65 Å². The summed E-state index contributed by atoms with van der Waals surface area (Å²) >= 11 is 3.56. The van der Waals surface area contributed by atoms with E-state index in [1.807, 2.05) is 14.1 Å². The molecule has 4 rings (SSSR count). The molecular formula is C20H23BrN4. The third kappa shape index (κ3) is 3.14. The van der Waals surface area contributed by atoms with Gasteiger partial charge in [0.1, 0.15) is 5.52 Å². The van der Waals surface area contributed by atoms with Gasteiger partial charge in [-0.1, -0.05) is 15.9 Å². The summed E-state index contributed by atoms with van der Waals surface area (Å²) in [5.41, 5.74) is 7.56. The smallest absolute Gasteiger partial charge is 0.160 e. The number of nitrogens with one attached hydrogen (secondary N) is 1. The van der Waals surface area contributed by atoms with E-state index < -0.39 is 0 Å². The van der Waals surface area contributed by atoms with E-state index in [9.17, 15) is 0 Å². The fourth-order valence-electron chi connectivity index (χ4n) is 3.04. The highest BCUT2D eigenvalue weighted by Gasteiger charge is 2.14. The lowest BCUT2D eigenvalue weighted by Gasteiger charge is -2.05. The Hall–Kier alpha value is -1.98. The summed E-state index contributed by atoms with van der Waals surface area (Å²) in [7, 11) is 3.75. The summed E-state index contributed by atoms with van der Waals surface area (Å²) < 4.78 is 3.30. The molecule has 5 heteroatoms. The van der Waals surface area contributed by atoms with Crippen LogP contribution in [0.15, 0.2) is 34.8 Å². The molecule has 2 heterocycles. The Morgan fingerprint density at radius 2 is 1.60 bits per heavy atom. The minimum absolute atomic E-state index is 0.882. The van der Waals surface area contributed by atoms with Gasteiger partial charge in [0.05, 0.1) is 16.6 Å². The molecule has 0 aliphatic carbocycles. The van der Waals surface area contributed by atoms with Crippen molar-refractivity contribution in [3.8, 4) is 0 Å². The van der Waals surface area contributed by atoms with Crippen LogP contribution in [0, 0.1) is 13.8 Å². The highest BCUT2D eigenvalue weighted by Crippen LogP contribution is 2.30. The summed E-state index contributed by atoms with van der Waals surface area (Å²) in [5, 5.41) is 3.90. The first-order chi connectivity index (χ1) is 12.0. The number of aryl methyl sites for hydroxylation is 3. The van der Waals surface area contributed by atoms with Crippen LogP contribution in [-0.4, -0.2) is 28.6 Å². The second-order valence-electron chi connectivity index (χ2n) is 6.23. The molecule has 25 heavy (non-hydrogen) atoms. The molecule has 4 aromatic rings. The Labute approximate surface area is 156 Å². The second-order valence-corrected chi connectivity index (χ2v) is 7.14. The van der Waals surface area contributed by atoms with E-state index in [4.69, 9.17) is 9.97 Å². The molecule has 0 spiro atoms. The summed E-state index contributed by atoms with van der Waals surface area (Å²) in [4.78, 5) is 9.82. The first kappa shape index (κ1) is 17.8. The Morgan fingerprint density at radius 3 is 2.20 bits per heavy atom. The first-order valence-electron chi connectivity index (χ1n) is 8.45. The highest BCUT2D eigenvalue weighted by molar-refractivity contribution is 9.10. The molecule has 1 N–H and O–H groups in total. The maximum Gasteiger partial charge on any atom is 0.160 e. The Kier molecular flexibility index (Phi) is 5.06. The Morgan fingerprint density at radius 1 is 1.00 bits per heavy atom. The fourth-order valence-corrected chi connectivity index (χ4v) is 3.40. The van der Waals surface area contributed by atoms with E-state index in [2.05, 4.69) is 76.9 Å². The number of hydrogen-bond donors (Lipinski definition) is 1. The van der Waals surface area contributed by atoms with Crippen molar-refractivity contribution in [2.45, 2.75) is 27.3 Å². The van der Waals surface area contributed by atoms with Gasteiger partial charge < -0.3 is 9.88 Å². The van der Waals surface area contributed by atoms with Gasteiger partial charge in [-0.15, -0.1) is 0 Å². The van der Waals surface area contributed by atoms with Crippen LogP contribution in [0.1, 0.15) is 18.1 Å². The van der Waals surface area contributed by atoms with Crippen molar-refractivity contribution in [1.29, 1.82) is 0 Å². The van der Waals surface area contributed by atoms with Crippen LogP contribution >= 0.6 is 15.9 Å². The molecule has 4 nitrogen and oxygen atoms in total. The molecule has 0 aliphatic heterocycles. The summed E-state index contributed by atoms with van der Waals surface area (Å²) in [5.74, 6) is 0. The molecule has 0 saturated heterocycles. The van der Waals surface area contributed by atoms with E-state index >= 15 is 0 Å². The molecule has 0 bridgehead atoms.